The van der Waals surface area contributed by atoms with Crippen LogP contribution in [0.4, 0.5) is 5.69 Å². The van der Waals surface area contributed by atoms with E-state index in [0.717, 1.165) is 44.2 Å². The van der Waals surface area contributed by atoms with Gasteiger partial charge in [-0.15, -0.1) is 0 Å². The highest BCUT2D eigenvalue weighted by Crippen LogP contribution is 2.40. The number of hydrogen-bond acceptors (Lipinski definition) is 10. The molecule has 0 saturated carbocycles. The first-order valence-electron chi connectivity index (χ1n) is 11.5. The summed E-state index contributed by atoms with van der Waals surface area (Å²) in [5.41, 5.74) is 2.27. The van der Waals surface area contributed by atoms with Gasteiger partial charge in [0.25, 0.3) is 20.2 Å². The summed E-state index contributed by atoms with van der Waals surface area (Å²) in [5.74, 6) is 1.08. The maximum absolute atomic E-state index is 9.99. The van der Waals surface area contributed by atoms with Crippen LogP contribution in [-0.4, -0.2) is 104 Å². The molecule has 0 bridgehead atoms. The van der Waals surface area contributed by atoms with E-state index in [2.05, 4.69) is 58.3 Å². The van der Waals surface area contributed by atoms with Gasteiger partial charge in [-0.05, 0) is 25.1 Å². The lowest BCUT2D eigenvalue weighted by Crippen LogP contribution is -2.49. The summed E-state index contributed by atoms with van der Waals surface area (Å²) in [6.45, 7) is 6.67. The predicted octanol–water partition coefficient (Wildman–Crippen LogP) is 1.96. The zero-order chi connectivity index (χ0) is 27.1. The molecular weight excluding hydrogens is 542 g/mol. The summed E-state index contributed by atoms with van der Waals surface area (Å²) in [6.07, 6.45) is 0. The van der Waals surface area contributed by atoms with E-state index >= 15 is 0 Å². The number of para-hydroxylation sites is 1. The van der Waals surface area contributed by atoms with Crippen LogP contribution < -0.4 is 0 Å². The maximum Gasteiger partial charge on any atom is 0.284 e. The van der Waals surface area contributed by atoms with Crippen LogP contribution in [0.3, 0.4) is 0 Å². The topological polar surface area (TPSA) is 157 Å². The average molecular weight is 574 g/mol. The van der Waals surface area contributed by atoms with Crippen LogP contribution in [0.2, 0.25) is 0 Å². The first-order chi connectivity index (χ1) is 17.5. The molecule has 2 aliphatic heterocycles. The van der Waals surface area contributed by atoms with Crippen molar-refractivity contribution in [3.63, 3.8) is 0 Å². The molecule has 4 rings (SSSR count). The van der Waals surface area contributed by atoms with E-state index in [0.29, 0.717) is 20.1 Å². The molecule has 2 aromatic carbocycles. The van der Waals surface area contributed by atoms with E-state index in [1.165, 1.54) is 15.4 Å². The monoisotopic (exact) mass is 573 g/mol. The van der Waals surface area contributed by atoms with Gasteiger partial charge in [-0.2, -0.15) is 16.8 Å². The highest BCUT2D eigenvalue weighted by atomic mass is 32.3. The molecule has 0 aliphatic carbocycles. The second-order valence-corrected chi connectivity index (χ2v) is 13.1. The number of hydrogen-bond donors (Lipinski definition) is 3. The minimum absolute atomic E-state index is 0.0898. The minimum atomic E-state index is -4.70. The number of ether oxygens (including phenoxy) is 1. The first kappa shape index (κ1) is 29.5. The zero-order valence-corrected chi connectivity index (χ0v) is 22.8. The Morgan fingerprint density at radius 1 is 0.919 bits per heavy atom. The molecule has 3 N–H and O–H groups in total. The molecule has 0 aromatic heterocycles. The van der Waals surface area contributed by atoms with E-state index < -0.39 is 24.8 Å². The van der Waals surface area contributed by atoms with E-state index in [1.807, 2.05) is 0 Å². The van der Waals surface area contributed by atoms with Gasteiger partial charge in [-0.3, -0.25) is 14.0 Å². The van der Waals surface area contributed by atoms with Crippen molar-refractivity contribution in [2.75, 3.05) is 52.5 Å². The number of piperazine rings is 1. The van der Waals surface area contributed by atoms with Crippen molar-refractivity contribution in [2.45, 2.75) is 21.3 Å². The molecule has 1 saturated heterocycles. The number of rotatable bonds is 7. The normalized spacial score (nSPS) is 16.2. The number of fused-ring (bicyclic) bond motifs is 2. The third kappa shape index (κ3) is 8.48. The van der Waals surface area contributed by atoms with Crippen LogP contribution in [0.15, 0.2) is 63.3 Å². The number of aliphatic imine (C=N–C) groups is 1. The van der Waals surface area contributed by atoms with Crippen molar-refractivity contribution in [1.82, 2.24) is 9.80 Å². The molecule has 2 aromatic rings. The smallest absolute Gasteiger partial charge is 0.284 e. The Morgan fingerprint density at radius 3 is 2.11 bits per heavy atom. The fourth-order valence-corrected chi connectivity index (χ4v) is 5.85. The summed E-state index contributed by atoms with van der Waals surface area (Å²) in [6, 6.07) is 16.9. The van der Waals surface area contributed by atoms with Crippen LogP contribution in [0, 0.1) is 0 Å². The van der Waals surface area contributed by atoms with Crippen molar-refractivity contribution in [3.05, 3.63) is 54.1 Å². The van der Waals surface area contributed by atoms with Gasteiger partial charge in [0.05, 0.1) is 25.5 Å². The predicted molar refractivity (Wildman–Crippen MR) is 142 cm³/mol. The molecule has 2 heterocycles. The van der Waals surface area contributed by atoms with Crippen molar-refractivity contribution in [2.24, 2.45) is 4.99 Å². The van der Waals surface area contributed by atoms with Gasteiger partial charge in [0, 0.05) is 48.1 Å². The molecule has 14 heteroatoms. The summed E-state index contributed by atoms with van der Waals surface area (Å²) < 4.78 is 59.3. The standard InChI is InChI=1S/C21H25N3O2S.C2H6O6S2/c25-14-16-26-15-13-23-9-11-24(12-10-23)21-17-5-1-3-7-19(17)27-20-8-4-2-6-18(20)22-21;1-2(9(3,4)5)10(6,7)8/h1-8,25H,9-16H2;2H,1H3,(H,3,4,5)(H,6,7,8). The van der Waals surface area contributed by atoms with Gasteiger partial charge in [0.2, 0.25) is 4.58 Å². The maximum atomic E-state index is 9.99. The van der Waals surface area contributed by atoms with E-state index in [-0.39, 0.29) is 6.61 Å². The van der Waals surface area contributed by atoms with Crippen molar-refractivity contribution in [3.8, 4) is 0 Å². The summed E-state index contributed by atoms with van der Waals surface area (Å²) in [7, 11) is -9.40. The van der Waals surface area contributed by atoms with Gasteiger partial charge in [-0.25, -0.2) is 4.99 Å². The fourth-order valence-electron chi connectivity index (χ4n) is 3.61. The Balaban J connectivity index is 0.000000325. The number of nitrogens with zero attached hydrogens (tertiary/aromatic N) is 3. The third-order valence-electron chi connectivity index (χ3n) is 5.74. The fraction of sp³-hybridized carbons (Fsp3) is 0.435. The minimum Gasteiger partial charge on any atom is -0.394 e. The lowest BCUT2D eigenvalue weighted by Gasteiger charge is -2.36. The molecule has 0 spiro atoms. The van der Waals surface area contributed by atoms with Crippen LogP contribution in [-0.2, 0) is 25.0 Å². The highest BCUT2D eigenvalue weighted by molar-refractivity contribution is 8.03. The lowest BCUT2D eigenvalue weighted by molar-refractivity contribution is 0.0652. The van der Waals surface area contributed by atoms with Crippen LogP contribution in [0.1, 0.15) is 12.5 Å². The molecule has 204 valence electrons. The first-order valence-corrected chi connectivity index (χ1v) is 15.4. The quantitative estimate of drug-likeness (QED) is 0.329. The molecule has 0 unspecified atom stereocenters. The third-order valence-corrected chi connectivity index (χ3v) is 10.0. The van der Waals surface area contributed by atoms with Gasteiger partial charge in [0.1, 0.15) is 5.84 Å². The second-order valence-electron chi connectivity index (χ2n) is 8.26. The van der Waals surface area contributed by atoms with Gasteiger partial charge < -0.3 is 14.7 Å². The Morgan fingerprint density at radius 2 is 1.51 bits per heavy atom. The van der Waals surface area contributed by atoms with E-state index in [1.54, 1.807) is 11.8 Å². The van der Waals surface area contributed by atoms with E-state index in [9.17, 15) is 16.8 Å². The van der Waals surface area contributed by atoms with Crippen LogP contribution in [0.5, 0.6) is 0 Å². The zero-order valence-electron chi connectivity index (χ0n) is 20.3. The summed E-state index contributed by atoms with van der Waals surface area (Å²) >= 11 is 1.80. The Labute approximate surface area is 221 Å². The number of amidine groups is 1. The number of aliphatic hydroxyl groups excluding tert-OH is 1. The van der Waals surface area contributed by atoms with Crippen LogP contribution in [0.25, 0.3) is 0 Å². The summed E-state index contributed by atoms with van der Waals surface area (Å²) in [4.78, 5) is 12.4. The van der Waals surface area contributed by atoms with Gasteiger partial charge in [0.15, 0.2) is 0 Å². The Bertz CT molecular complexity index is 1260. The number of aliphatic hydroxyl groups is 1. The molecule has 2 aliphatic rings. The molecular formula is C23H31N3O8S3. The van der Waals surface area contributed by atoms with Gasteiger partial charge in [-0.1, -0.05) is 42.1 Å². The van der Waals surface area contributed by atoms with E-state index in [4.69, 9.17) is 23.9 Å². The summed E-state index contributed by atoms with van der Waals surface area (Å²) in [5, 5.41) is 8.79. The van der Waals surface area contributed by atoms with Crippen molar-refractivity contribution in [1.29, 1.82) is 0 Å². The Hall–Kier alpha value is -2.04. The second kappa shape index (κ2) is 13.2. The lowest BCUT2D eigenvalue weighted by atomic mass is 10.1. The molecule has 37 heavy (non-hydrogen) atoms. The Kier molecular flexibility index (Phi) is 10.5. The SMILES string of the molecule is CC(S(=O)(=O)O)S(=O)(=O)O.OCCOCCN1CCN(C2=Nc3ccccc3Sc3ccccc32)CC1. The molecule has 0 atom stereocenters. The highest BCUT2D eigenvalue weighted by Gasteiger charge is 2.30. The van der Waals surface area contributed by atoms with Gasteiger partial charge >= 0.3 is 0 Å². The molecule has 1 fully saturated rings. The largest absolute Gasteiger partial charge is 0.394 e. The average Bonchev–Trinajstić information content (AvgIpc) is 3.03. The molecule has 0 amide bonds. The molecule has 0 radical (unpaired) electrons. The number of benzene rings is 2. The van der Waals surface area contributed by atoms with Crippen LogP contribution >= 0.6 is 11.8 Å². The molecule has 11 nitrogen and oxygen atoms in total. The van der Waals surface area contributed by atoms with Crippen molar-refractivity contribution < 1.29 is 35.8 Å². The van der Waals surface area contributed by atoms with Crippen molar-refractivity contribution >= 4 is 43.5 Å².